The minimum absolute atomic E-state index is 0.125. The van der Waals surface area contributed by atoms with Crippen molar-refractivity contribution in [3.8, 4) is 0 Å². The van der Waals surface area contributed by atoms with E-state index in [1.165, 1.54) is 5.56 Å². The van der Waals surface area contributed by atoms with Crippen molar-refractivity contribution < 1.29 is 4.74 Å². The molecule has 1 unspecified atom stereocenters. The van der Waals surface area contributed by atoms with Crippen LogP contribution in [0.5, 0.6) is 0 Å². The van der Waals surface area contributed by atoms with Crippen LogP contribution < -0.4 is 4.90 Å². The summed E-state index contributed by atoms with van der Waals surface area (Å²) >= 11 is 0. The van der Waals surface area contributed by atoms with E-state index in [2.05, 4.69) is 28.0 Å². The van der Waals surface area contributed by atoms with Gasteiger partial charge in [0.05, 0.1) is 18.3 Å². The Hall–Kier alpha value is -1.98. The Morgan fingerprint density at radius 1 is 1.09 bits per heavy atom. The Balaban J connectivity index is 2.09. The highest BCUT2D eigenvalue weighted by Gasteiger charge is 2.18. The molecule has 0 fully saturated rings. The summed E-state index contributed by atoms with van der Waals surface area (Å²) < 4.78 is 5.36. The lowest BCUT2D eigenvalue weighted by molar-refractivity contribution is 0.0999. The topological polar surface area (TPSA) is 41.5 Å². The van der Waals surface area contributed by atoms with E-state index in [9.17, 15) is 0 Å². The summed E-state index contributed by atoms with van der Waals surface area (Å²) in [7, 11) is 7.78. The van der Waals surface area contributed by atoms with Crippen LogP contribution in [0.1, 0.15) is 17.3 Å². The van der Waals surface area contributed by atoms with Crippen LogP contribution >= 0.6 is 0 Å². The largest absolute Gasteiger partial charge is 0.383 e. The van der Waals surface area contributed by atoms with E-state index < -0.39 is 0 Å². The van der Waals surface area contributed by atoms with Gasteiger partial charge in [-0.15, -0.1) is 0 Å². The second-order valence-corrected chi connectivity index (χ2v) is 5.56. The van der Waals surface area contributed by atoms with Crippen LogP contribution in [0.25, 0.3) is 0 Å². The third-order valence-electron chi connectivity index (χ3n) is 3.59. The lowest BCUT2D eigenvalue weighted by atomic mass is 10.1. The fraction of sp³-hybridized carbons (Fsp3) is 0.412. The molecule has 0 saturated heterocycles. The summed E-state index contributed by atoms with van der Waals surface area (Å²) in [5.41, 5.74) is 2.19. The quantitative estimate of drug-likeness (QED) is 0.785. The van der Waals surface area contributed by atoms with Crippen LogP contribution in [0.3, 0.4) is 0 Å². The Kier molecular flexibility index (Phi) is 5.86. The molecular weight excluding hydrogens is 276 g/mol. The number of hydrogen-bond acceptors (Lipinski definition) is 5. The Labute approximate surface area is 132 Å². The molecular formula is C17H24N4O. The molecule has 2 heterocycles. The van der Waals surface area contributed by atoms with E-state index in [-0.39, 0.29) is 6.04 Å². The van der Waals surface area contributed by atoms with Gasteiger partial charge in [0.15, 0.2) is 0 Å². The highest BCUT2D eigenvalue weighted by Crippen LogP contribution is 2.20. The van der Waals surface area contributed by atoms with Crippen LogP contribution in [0.2, 0.25) is 0 Å². The molecule has 0 spiro atoms. The SMILES string of the molecule is COCC(c1ccccn1)N(C)Cc1ccc(N(C)C)nc1. The first kappa shape index (κ1) is 16.4. The van der Waals surface area contributed by atoms with Crippen molar-refractivity contribution in [3.05, 3.63) is 54.0 Å². The summed E-state index contributed by atoms with van der Waals surface area (Å²) in [5, 5.41) is 0. The van der Waals surface area contributed by atoms with Gasteiger partial charge in [0.25, 0.3) is 0 Å². The predicted octanol–water partition coefficient (Wildman–Crippen LogP) is 2.36. The van der Waals surface area contributed by atoms with Crippen molar-refractivity contribution in [2.45, 2.75) is 12.6 Å². The molecule has 0 aliphatic heterocycles. The van der Waals surface area contributed by atoms with Crippen molar-refractivity contribution in [2.24, 2.45) is 0 Å². The highest BCUT2D eigenvalue weighted by atomic mass is 16.5. The molecule has 0 aromatic carbocycles. The van der Waals surface area contributed by atoms with Gasteiger partial charge in [-0.05, 0) is 30.8 Å². The summed E-state index contributed by atoms with van der Waals surface area (Å²) in [5.74, 6) is 0.963. The summed E-state index contributed by atoms with van der Waals surface area (Å²) in [6.07, 6.45) is 3.74. The number of ether oxygens (including phenoxy) is 1. The number of methoxy groups -OCH3 is 1. The van der Waals surface area contributed by atoms with Crippen LogP contribution in [0.4, 0.5) is 5.82 Å². The van der Waals surface area contributed by atoms with Crippen molar-refractivity contribution in [1.82, 2.24) is 14.9 Å². The Bertz CT molecular complexity index is 557. The lowest BCUT2D eigenvalue weighted by Gasteiger charge is -2.27. The molecule has 0 aliphatic rings. The standard InChI is InChI=1S/C17H24N4O/c1-20(2)17-9-8-14(11-19-17)12-21(3)16(13-22-4)15-7-5-6-10-18-15/h5-11,16H,12-13H2,1-4H3. The molecule has 2 rings (SSSR count). The molecule has 0 amide bonds. The molecule has 118 valence electrons. The maximum atomic E-state index is 5.36. The molecule has 1 atom stereocenters. The van der Waals surface area contributed by atoms with Gasteiger partial charge in [-0.3, -0.25) is 9.88 Å². The summed E-state index contributed by atoms with van der Waals surface area (Å²) in [4.78, 5) is 13.1. The van der Waals surface area contributed by atoms with Crippen LogP contribution in [0, 0.1) is 0 Å². The predicted molar refractivity (Wildman–Crippen MR) is 88.9 cm³/mol. The first-order chi connectivity index (χ1) is 10.6. The zero-order chi connectivity index (χ0) is 15.9. The van der Waals surface area contributed by atoms with Crippen molar-refractivity contribution in [2.75, 3.05) is 39.8 Å². The van der Waals surface area contributed by atoms with E-state index >= 15 is 0 Å². The molecule has 5 nitrogen and oxygen atoms in total. The normalized spacial score (nSPS) is 12.4. The highest BCUT2D eigenvalue weighted by molar-refractivity contribution is 5.37. The third-order valence-corrected chi connectivity index (χ3v) is 3.59. The van der Waals surface area contributed by atoms with Gasteiger partial charge in [0, 0.05) is 40.1 Å². The zero-order valence-electron chi connectivity index (χ0n) is 13.7. The van der Waals surface area contributed by atoms with Gasteiger partial charge in [-0.1, -0.05) is 12.1 Å². The zero-order valence-corrected chi connectivity index (χ0v) is 13.7. The molecule has 0 saturated carbocycles. The lowest BCUT2D eigenvalue weighted by Crippen LogP contribution is -2.28. The first-order valence-corrected chi connectivity index (χ1v) is 7.34. The fourth-order valence-electron chi connectivity index (χ4n) is 2.34. The van der Waals surface area contributed by atoms with E-state index in [0.717, 1.165) is 18.1 Å². The van der Waals surface area contributed by atoms with E-state index in [1.54, 1.807) is 7.11 Å². The number of pyridine rings is 2. The summed E-state index contributed by atoms with van der Waals surface area (Å²) in [6, 6.07) is 10.2. The first-order valence-electron chi connectivity index (χ1n) is 7.34. The molecule has 2 aromatic rings. The van der Waals surface area contributed by atoms with Gasteiger partial charge in [-0.2, -0.15) is 0 Å². The number of aromatic nitrogens is 2. The number of likely N-dealkylation sites (N-methyl/N-ethyl adjacent to an activating group) is 1. The minimum Gasteiger partial charge on any atom is -0.383 e. The molecule has 2 aromatic heterocycles. The van der Waals surface area contributed by atoms with Gasteiger partial charge in [0.1, 0.15) is 5.82 Å². The molecule has 0 N–H and O–H groups in total. The average molecular weight is 300 g/mol. The third kappa shape index (κ3) is 4.26. The second kappa shape index (κ2) is 7.87. The van der Waals surface area contributed by atoms with Crippen LogP contribution in [-0.2, 0) is 11.3 Å². The second-order valence-electron chi connectivity index (χ2n) is 5.56. The molecule has 22 heavy (non-hydrogen) atoms. The van der Waals surface area contributed by atoms with Gasteiger partial charge in [-0.25, -0.2) is 4.98 Å². The molecule has 0 bridgehead atoms. The van der Waals surface area contributed by atoms with Gasteiger partial charge >= 0.3 is 0 Å². The Morgan fingerprint density at radius 2 is 1.91 bits per heavy atom. The minimum atomic E-state index is 0.125. The maximum absolute atomic E-state index is 5.36. The number of rotatable bonds is 7. The van der Waals surface area contributed by atoms with Gasteiger partial charge in [0.2, 0.25) is 0 Å². The van der Waals surface area contributed by atoms with Crippen molar-refractivity contribution >= 4 is 5.82 Å². The number of nitrogens with zero attached hydrogens (tertiary/aromatic N) is 4. The van der Waals surface area contributed by atoms with Crippen molar-refractivity contribution in [3.63, 3.8) is 0 Å². The average Bonchev–Trinajstić information content (AvgIpc) is 2.53. The smallest absolute Gasteiger partial charge is 0.127 e. The fourth-order valence-corrected chi connectivity index (χ4v) is 2.34. The monoisotopic (exact) mass is 300 g/mol. The van der Waals surface area contributed by atoms with Gasteiger partial charge < -0.3 is 9.64 Å². The molecule has 0 aliphatic carbocycles. The molecule has 0 radical (unpaired) electrons. The summed E-state index contributed by atoms with van der Waals surface area (Å²) in [6.45, 7) is 1.40. The van der Waals surface area contributed by atoms with Crippen LogP contribution in [0.15, 0.2) is 42.7 Å². The maximum Gasteiger partial charge on any atom is 0.127 e. The van der Waals surface area contributed by atoms with Crippen LogP contribution in [-0.4, -0.2) is 49.7 Å². The van der Waals surface area contributed by atoms with E-state index in [0.29, 0.717) is 6.61 Å². The van der Waals surface area contributed by atoms with Crippen molar-refractivity contribution in [1.29, 1.82) is 0 Å². The molecule has 5 heteroatoms. The van der Waals surface area contributed by atoms with E-state index in [1.807, 2.05) is 55.7 Å². The van der Waals surface area contributed by atoms with E-state index in [4.69, 9.17) is 4.74 Å². The number of hydrogen-bond donors (Lipinski definition) is 0. The number of anilines is 1. The Morgan fingerprint density at radius 3 is 2.45 bits per heavy atom.